The number of oxime groups is 1. The van der Waals surface area contributed by atoms with Crippen molar-refractivity contribution in [3.05, 3.63) is 29.3 Å². The topological polar surface area (TPSA) is 51.1 Å². The van der Waals surface area contributed by atoms with Crippen LogP contribution in [0.3, 0.4) is 0 Å². The smallest absolute Gasteiger partial charge is 0.253 e. The summed E-state index contributed by atoms with van der Waals surface area (Å²) >= 11 is 0. The van der Waals surface area contributed by atoms with Gasteiger partial charge in [-0.3, -0.25) is 4.79 Å². The summed E-state index contributed by atoms with van der Waals surface area (Å²) in [5.74, 6) is -0.111. The summed E-state index contributed by atoms with van der Waals surface area (Å²) in [6, 6.07) is 5.71. The zero-order chi connectivity index (χ0) is 15.1. The van der Waals surface area contributed by atoms with Gasteiger partial charge in [-0.1, -0.05) is 23.4 Å². The highest BCUT2D eigenvalue weighted by Gasteiger charge is 2.23. The number of aryl methyl sites for hydroxylation is 2. The number of ether oxygens (including phenoxy) is 1. The SMILES string of the molecule is COCC(=O)N(c1c(C)cccc1C)C(C)C=NOC. The molecule has 0 bridgehead atoms. The van der Waals surface area contributed by atoms with E-state index >= 15 is 0 Å². The van der Waals surface area contributed by atoms with Crippen molar-refractivity contribution in [3.8, 4) is 0 Å². The third-order valence-electron chi connectivity index (χ3n) is 3.01. The molecular formula is C15H22N2O3. The number of methoxy groups -OCH3 is 1. The molecular weight excluding hydrogens is 256 g/mol. The van der Waals surface area contributed by atoms with E-state index in [4.69, 9.17) is 9.57 Å². The van der Waals surface area contributed by atoms with Gasteiger partial charge < -0.3 is 14.5 Å². The maximum Gasteiger partial charge on any atom is 0.253 e. The van der Waals surface area contributed by atoms with E-state index in [1.165, 1.54) is 14.2 Å². The first-order valence-corrected chi connectivity index (χ1v) is 6.46. The van der Waals surface area contributed by atoms with Crippen LogP contribution in [0.4, 0.5) is 5.69 Å². The quantitative estimate of drug-likeness (QED) is 0.592. The lowest BCUT2D eigenvalue weighted by Crippen LogP contribution is -2.42. The molecule has 1 atom stereocenters. The fourth-order valence-corrected chi connectivity index (χ4v) is 2.15. The fraction of sp³-hybridized carbons (Fsp3) is 0.467. The van der Waals surface area contributed by atoms with Gasteiger partial charge in [-0.2, -0.15) is 0 Å². The van der Waals surface area contributed by atoms with Crippen LogP contribution in [0.2, 0.25) is 0 Å². The van der Waals surface area contributed by atoms with Gasteiger partial charge in [-0.05, 0) is 31.9 Å². The molecule has 0 heterocycles. The average molecular weight is 278 g/mol. The molecule has 1 aromatic rings. The van der Waals surface area contributed by atoms with E-state index in [2.05, 4.69) is 5.16 Å². The Balaban J connectivity index is 3.23. The maximum absolute atomic E-state index is 12.4. The Kier molecular flexibility index (Phi) is 6.18. The fourth-order valence-electron chi connectivity index (χ4n) is 2.15. The van der Waals surface area contributed by atoms with Crippen molar-refractivity contribution in [2.45, 2.75) is 26.8 Å². The largest absolute Gasteiger partial charge is 0.399 e. The van der Waals surface area contributed by atoms with Crippen molar-refractivity contribution in [2.75, 3.05) is 25.7 Å². The number of rotatable bonds is 6. The van der Waals surface area contributed by atoms with Crippen LogP contribution in [0.15, 0.2) is 23.4 Å². The molecule has 0 saturated heterocycles. The second-order valence-corrected chi connectivity index (χ2v) is 4.61. The van der Waals surface area contributed by atoms with E-state index < -0.39 is 0 Å². The Labute approximate surface area is 120 Å². The van der Waals surface area contributed by atoms with Crippen molar-refractivity contribution in [1.82, 2.24) is 0 Å². The molecule has 1 amide bonds. The zero-order valence-corrected chi connectivity index (χ0v) is 12.7. The standard InChI is InChI=1S/C15H22N2O3/c1-11-7-6-8-12(2)15(11)17(14(18)10-19-4)13(3)9-16-20-5/h6-9,13H,10H2,1-5H3. The van der Waals surface area contributed by atoms with Crippen molar-refractivity contribution in [1.29, 1.82) is 0 Å². The lowest BCUT2D eigenvalue weighted by atomic mass is 10.1. The highest BCUT2D eigenvalue weighted by Crippen LogP contribution is 2.26. The number of para-hydroxylation sites is 1. The molecule has 5 heteroatoms. The van der Waals surface area contributed by atoms with Crippen molar-refractivity contribution in [3.63, 3.8) is 0 Å². The molecule has 1 unspecified atom stereocenters. The van der Waals surface area contributed by atoms with Crippen molar-refractivity contribution in [2.24, 2.45) is 5.16 Å². The maximum atomic E-state index is 12.4. The Bertz CT molecular complexity index is 466. The number of carbonyl (C=O) groups excluding carboxylic acids is 1. The monoisotopic (exact) mass is 278 g/mol. The number of amides is 1. The van der Waals surface area contributed by atoms with Crippen LogP contribution in [0.5, 0.6) is 0 Å². The number of hydrogen-bond acceptors (Lipinski definition) is 4. The van der Waals surface area contributed by atoms with E-state index in [1.807, 2.05) is 39.0 Å². The molecule has 0 aromatic heterocycles. The predicted molar refractivity (Wildman–Crippen MR) is 80.2 cm³/mol. The molecule has 0 aliphatic heterocycles. The van der Waals surface area contributed by atoms with Gasteiger partial charge in [0.1, 0.15) is 13.7 Å². The lowest BCUT2D eigenvalue weighted by molar-refractivity contribution is -0.122. The number of benzene rings is 1. The van der Waals surface area contributed by atoms with Crippen LogP contribution < -0.4 is 4.90 Å². The summed E-state index contributed by atoms with van der Waals surface area (Å²) in [7, 11) is 2.98. The van der Waals surface area contributed by atoms with Gasteiger partial charge in [0, 0.05) is 7.11 Å². The summed E-state index contributed by atoms with van der Waals surface area (Å²) in [6.07, 6.45) is 1.60. The zero-order valence-electron chi connectivity index (χ0n) is 12.7. The molecule has 1 rings (SSSR count). The predicted octanol–water partition coefficient (Wildman–Crippen LogP) is 2.30. The van der Waals surface area contributed by atoms with Gasteiger partial charge in [0.15, 0.2) is 0 Å². The molecule has 0 fully saturated rings. The summed E-state index contributed by atoms with van der Waals surface area (Å²) < 4.78 is 4.97. The summed E-state index contributed by atoms with van der Waals surface area (Å²) in [5, 5.41) is 3.76. The molecule has 0 spiro atoms. The van der Waals surface area contributed by atoms with Gasteiger partial charge in [-0.25, -0.2) is 0 Å². The normalized spacial score (nSPS) is 12.4. The van der Waals surface area contributed by atoms with Gasteiger partial charge in [0.2, 0.25) is 0 Å². The summed E-state index contributed by atoms with van der Waals surface area (Å²) in [5.41, 5.74) is 2.96. The Morgan fingerprint density at radius 1 is 1.35 bits per heavy atom. The molecule has 0 radical (unpaired) electrons. The van der Waals surface area contributed by atoms with Crippen LogP contribution in [0, 0.1) is 13.8 Å². The van der Waals surface area contributed by atoms with E-state index in [9.17, 15) is 4.79 Å². The number of carbonyl (C=O) groups is 1. The van der Waals surface area contributed by atoms with Crippen LogP contribution in [-0.2, 0) is 14.4 Å². The molecule has 0 aliphatic rings. The van der Waals surface area contributed by atoms with Crippen LogP contribution in [0.1, 0.15) is 18.1 Å². The van der Waals surface area contributed by atoms with Gasteiger partial charge in [0.05, 0.1) is 17.9 Å². The highest BCUT2D eigenvalue weighted by atomic mass is 16.6. The van der Waals surface area contributed by atoms with E-state index in [-0.39, 0.29) is 18.6 Å². The molecule has 0 saturated carbocycles. The minimum atomic E-state index is -0.225. The molecule has 0 aliphatic carbocycles. The average Bonchev–Trinajstić information content (AvgIpc) is 2.40. The molecule has 20 heavy (non-hydrogen) atoms. The number of anilines is 1. The second-order valence-electron chi connectivity index (χ2n) is 4.61. The molecule has 1 aromatic carbocycles. The number of hydrogen-bond donors (Lipinski definition) is 0. The van der Waals surface area contributed by atoms with Gasteiger partial charge >= 0.3 is 0 Å². The van der Waals surface area contributed by atoms with Gasteiger partial charge in [0.25, 0.3) is 5.91 Å². The molecule has 5 nitrogen and oxygen atoms in total. The van der Waals surface area contributed by atoms with E-state index in [0.29, 0.717) is 0 Å². The van der Waals surface area contributed by atoms with Crippen LogP contribution in [0.25, 0.3) is 0 Å². The van der Waals surface area contributed by atoms with Crippen LogP contribution in [-0.4, -0.2) is 39.0 Å². The molecule has 110 valence electrons. The first kappa shape index (κ1) is 16.2. The third-order valence-corrected chi connectivity index (χ3v) is 3.01. The minimum Gasteiger partial charge on any atom is -0.399 e. The van der Waals surface area contributed by atoms with Crippen LogP contribution >= 0.6 is 0 Å². The lowest BCUT2D eigenvalue weighted by Gasteiger charge is -2.29. The Morgan fingerprint density at radius 2 is 1.95 bits per heavy atom. The highest BCUT2D eigenvalue weighted by molar-refractivity contribution is 5.99. The summed E-state index contributed by atoms with van der Waals surface area (Å²) in [6.45, 7) is 5.88. The van der Waals surface area contributed by atoms with E-state index in [1.54, 1.807) is 11.1 Å². The Hall–Kier alpha value is -1.88. The van der Waals surface area contributed by atoms with Crippen molar-refractivity contribution < 1.29 is 14.4 Å². The first-order chi connectivity index (χ1) is 9.52. The minimum absolute atomic E-state index is 0.0267. The van der Waals surface area contributed by atoms with Crippen molar-refractivity contribution >= 4 is 17.8 Å². The summed E-state index contributed by atoms with van der Waals surface area (Å²) in [4.78, 5) is 18.7. The second kappa shape index (κ2) is 7.65. The van der Waals surface area contributed by atoms with Gasteiger partial charge in [-0.15, -0.1) is 0 Å². The molecule has 0 N–H and O–H groups in total. The number of nitrogens with zero attached hydrogens (tertiary/aromatic N) is 2. The first-order valence-electron chi connectivity index (χ1n) is 6.46. The van der Waals surface area contributed by atoms with E-state index in [0.717, 1.165) is 16.8 Å². The third kappa shape index (κ3) is 3.81. The Morgan fingerprint density at radius 3 is 2.45 bits per heavy atom.